The van der Waals surface area contributed by atoms with E-state index < -0.39 is 4.33 Å². The van der Waals surface area contributed by atoms with E-state index in [0.29, 0.717) is 6.42 Å². The molecule has 0 saturated heterocycles. The second-order valence-corrected chi connectivity index (χ2v) is 4.50. The normalized spacial score (nSPS) is 12.6. The number of rotatable bonds is 4. The summed E-state index contributed by atoms with van der Waals surface area (Å²) in [5, 5.41) is 0. The highest BCUT2D eigenvalue weighted by molar-refractivity contribution is 6.65. The van der Waals surface area contributed by atoms with Crippen molar-refractivity contribution in [2.75, 3.05) is 0 Å². The molecule has 0 aromatic rings. The highest BCUT2D eigenvalue weighted by atomic mass is 35.5. The summed E-state index contributed by atoms with van der Waals surface area (Å²) < 4.78 is -1.06. The molecule has 0 aromatic carbocycles. The van der Waals surface area contributed by atoms with Crippen LogP contribution in [0.1, 0.15) is 26.2 Å². The molecule has 0 aromatic heterocycles. The maximum Gasteiger partial charge on any atom is 0.186 e. The van der Waals surface area contributed by atoms with Crippen LogP contribution in [0.4, 0.5) is 0 Å². The number of halogens is 4. The molecule has 0 nitrogen and oxygen atoms in total. The molecule has 0 spiro atoms. The summed E-state index contributed by atoms with van der Waals surface area (Å²) in [6.45, 7) is 2.05. The zero-order valence-electron chi connectivity index (χ0n) is 5.63. The minimum Gasteiger partial charge on any atom is -0.0982 e. The van der Waals surface area contributed by atoms with Gasteiger partial charge in [0.05, 0.1) is 0 Å². The molecular formula is C6H9Cl4. The number of alkyl halides is 2. The molecular weight excluding hydrogens is 214 g/mol. The minimum absolute atomic E-state index is 0.0317. The maximum absolute atomic E-state index is 5.71. The molecule has 1 radical (unpaired) electrons. The molecule has 0 N–H and O–H groups in total. The van der Waals surface area contributed by atoms with Crippen molar-refractivity contribution in [3.63, 3.8) is 0 Å². The quantitative estimate of drug-likeness (QED) is 0.622. The Morgan fingerprint density at radius 1 is 1.30 bits per heavy atom. The molecule has 0 heterocycles. The average molecular weight is 223 g/mol. The van der Waals surface area contributed by atoms with Crippen LogP contribution in [0.2, 0.25) is 0 Å². The Labute approximate surface area is 81.8 Å². The fraction of sp³-hybridized carbons (Fsp3) is 0.833. The highest BCUT2D eigenvalue weighted by Crippen LogP contribution is 2.41. The third-order valence-electron chi connectivity index (χ3n) is 1.12. The first-order chi connectivity index (χ1) is 4.50. The summed E-state index contributed by atoms with van der Waals surface area (Å²) in [7, 11) is 0. The van der Waals surface area contributed by atoms with Gasteiger partial charge in [-0.25, -0.2) is 0 Å². The Kier molecular flexibility index (Phi) is 5.49. The van der Waals surface area contributed by atoms with Crippen LogP contribution in [0.15, 0.2) is 0 Å². The molecule has 0 aliphatic rings. The van der Waals surface area contributed by atoms with Crippen LogP contribution < -0.4 is 0 Å². The van der Waals surface area contributed by atoms with Crippen LogP contribution in [0.25, 0.3) is 0 Å². The molecule has 0 fully saturated rings. The summed E-state index contributed by atoms with van der Waals surface area (Å²) in [5.41, 5.74) is 0. The second kappa shape index (κ2) is 4.92. The van der Waals surface area contributed by atoms with Gasteiger partial charge in [-0.3, -0.25) is 0 Å². The molecule has 0 aliphatic carbocycles. The predicted octanol–water partition coefficient (Wildman–Crippen LogP) is 4.32. The van der Waals surface area contributed by atoms with E-state index in [1.807, 2.05) is 6.92 Å². The summed E-state index contributed by atoms with van der Waals surface area (Å²) in [6, 6.07) is 0. The van der Waals surface area contributed by atoms with E-state index in [-0.39, 0.29) is 4.84 Å². The summed E-state index contributed by atoms with van der Waals surface area (Å²) >= 11 is 22.3. The van der Waals surface area contributed by atoms with Gasteiger partial charge < -0.3 is 0 Å². The van der Waals surface area contributed by atoms with Crippen molar-refractivity contribution in [3.8, 4) is 0 Å². The summed E-state index contributed by atoms with van der Waals surface area (Å²) in [5.74, 6) is 0. The lowest BCUT2D eigenvalue weighted by atomic mass is 10.2. The van der Waals surface area contributed by atoms with E-state index in [0.717, 1.165) is 12.8 Å². The summed E-state index contributed by atoms with van der Waals surface area (Å²) in [4.78, 5) is 0.0317. The van der Waals surface area contributed by atoms with Gasteiger partial charge in [0.25, 0.3) is 0 Å². The third-order valence-corrected chi connectivity index (χ3v) is 2.91. The van der Waals surface area contributed by atoms with Crippen LogP contribution in [0.3, 0.4) is 0 Å². The molecule has 0 saturated carbocycles. The molecule has 0 rings (SSSR count). The Morgan fingerprint density at radius 3 is 2.10 bits per heavy atom. The van der Waals surface area contributed by atoms with Crippen molar-refractivity contribution in [2.45, 2.75) is 30.5 Å². The minimum atomic E-state index is -1.06. The molecule has 4 heteroatoms. The lowest BCUT2D eigenvalue weighted by molar-refractivity contribution is 0.689. The van der Waals surface area contributed by atoms with Crippen LogP contribution in [-0.4, -0.2) is 4.33 Å². The first-order valence-electron chi connectivity index (χ1n) is 3.07. The van der Waals surface area contributed by atoms with Crippen LogP contribution >= 0.6 is 46.4 Å². The third kappa shape index (κ3) is 4.12. The van der Waals surface area contributed by atoms with E-state index in [2.05, 4.69) is 0 Å². The molecule has 10 heavy (non-hydrogen) atoms. The van der Waals surface area contributed by atoms with Gasteiger partial charge in [-0.05, 0) is 6.42 Å². The van der Waals surface area contributed by atoms with Gasteiger partial charge in [0, 0.05) is 0 Å². The largest absolute Gasteiger partial charge is 0.186 e. The summed E-state index contributed by atoms with van der Waals surface area (Å²) in [6.07, 6.45) is 2.56. The van der Waals surface area contributed by atoms with Crippen LogP contribution in [-0.2, 0) is 0 Å². The molecule has 0 aliphatic heterocycles. The second-order valence-electron chi connectivity index (χ2n) is 2.07. The van der Waals surface area contributed by atoms with Crippen molar-refractivity contribution in [1.82, 2.24) is 0 Å². The molecule has 61 valence electrons. The number of hydrogen-bond donors (Lipinski definition) is 0. The average Bonchev–Trinajstić information content (AvgIpc) is 1.84. The maximum atomic E-state index is 5.71. The molecule has 0 atom stereocenters. The van der Waals surface area contributed by atoms with Crippen molar-refractivity contribution in [2.24, 2.45) is 0 Å². The van der Waals surface area contributed by atoms with Crippen molar-refractivity contribution < 1.29 is 0 Å². The zero-order chi connectivity index (χ0) is 8.20. The molecule has 0 bridgehead atoms. The van der Waals surface area contributed by atoms with E-state index in [1.54, 1.807) is 0 Å². The Morgan fingerprint density at radius 2 is 1.80 bits per heavy atom. The smallest absolute Gasteiger partial charge is 0.0982 e. The van der Waals surface area contributed by atoms with E-state index in [1.165, 1.54) is 0 Å². The molecule has 0 amide bonds. The fourth-order valence-electron chi connectivity index (χ4n) is 0.493. The van der Waals surface area contributed by atoms with Crippen molar-refractivity contribution >= 4 is 46.4 Å². The van der Waals surface area contributed by atoms with Gasteiger partial charge in [-0.1, -0.05) is 66.2 Å². The Bertz CT molecular complexity index is 89.7. The van der Waals surface area contributed by atoms with Crippen molar-refractivity contribution in [3.05, 3.63) is 4.84 Å². The van der Waals surface area contributed by atoms with Crippen molar-refractivity contribution in [1.29, 1.82) is 0 Å². The van der Waals surface area contributed by atoms with E-state index >= 15 is 0 Å². The predicted molar refractivity (Wildman–Crippen MR) is 48.9 cm³/mol. The first-order valence-corrected chi connectivity index (χ1v) is 4.58. The lowest BCUT2D eigenvalue weighted by Crippen LogP contribution is -2.15. The van der Waals surface area contributed by atoms with Crippen LogP contribution in [0, 0.1) is 4.84 Å². The van der Waals surface area contributed by atoms with E-state index in [4.69, 9.17) is 46.4 Å². The van der Waals surface area contributed by atoms with Gasteiger partial charge in [0.1, 0.15) is 0 Å². The topological polar surface area (TPSA) is 0 Å². The number of unbranched alkanes of at least 4 members (excludes halogenated alkanes) is 1. The molecule has 0 unspecified atom stereocenters. The van der Waals surface area contributed by atoms with Gasteiger partial charge in [0.15, 0.2) is 9.17 Å². The number of hydrogen-bond acceptors (Lipinski definition) is 0. The lowest BCUT2D eigenvalue weighted by Gasteiger charge is -2.18. The zero-order valence-corrected chi connectivity index (χ0v) is 8.66. The van der Waals surface area contributed by atoms with Gasteiger partial charge in [-0.15, -0.1) is 0 Å². The van der Waals surface area contributed by atoms with Gasteiger partial charge in [-0.2, -0.15) is 0 Å². The van der Waals surface area contributed by atoms with Gasteiger partial charge in [0.2, 0.25) is 0 Å². The standard InChI is InChI=1S/C6H9Cl4/c1-2-3-4-6(9,10)5(7)8/h2-4H2,1H3. The first kappa shape index (κ1) is 11.2. The monoisotopic (exact) mass is 221 g/mol. The van der Waals surface area contributed by atoms with Crippen LogP contribution in [0.5, 0.6) is 0 Å². The SMILES string of the molecule is CCCCC(Cl)(Cl)[C](Cl)Cl. The van der Waals surface area contributed by atoms with E-state index in [9.17, 15) is 0 Å². The Balaban J connectivity index is 3.63. The van der Waals surface area contributed by atoms with Gasteiger partial charge >= 0.3 is 0 Å². The highest BCUT2D eigenvalue weighted by Gasteiger charge is 2.32. The fourth-order valence-corrected chi connectivity index (χ4v) is 0.950. The Hall–Kier alpha value is 1.16.